The smallest absolute Gasteiger partial charge is 0.119 e. The van der Waals surface area contributed by atoms with Gasteiger partial charge in [0.05, 0.1) is 11.9 Å². The molecule has 1 heterocycles. The van der Waals surface area contributed by atoms with E-state index in [0.717, 1.165) is 11.3 Å². The van der Waals surface area contributed by atoms with Crippen LogP contribution in [0, 0.1) is 6.92 Å². The lowest BCUT2D eigenvalue weighted by Gasteiger charge is -2.08. The first kappa shape index (κ1) is 10.5. The maximum absolute atomic E-state index is 5.77. The third kappa shape index (κ3) is 2.51. The number of nitrogens with two attached hydrogens (primary N) is 1. The van der Waals surface area contributed by atoms with Crippen molar-refractivity contribution in [3.63, 3.8) is 0 Å². The molecule has 3 nitrogen and oxygen atoms in total. The summed E-state index contributed by atoms with van der Waals surface area (Å²) in [6, 6.07) is 9.80. The van der Waals surface area contributed by atoms with Crippen LogP contribution in [0.5, 0.6) is 5.75 Å². The van der Waals surface area contributed by atoms with Crippen LogP contribution in [0.25, 0.3) is 0 Å². The van der Waals surface area contributed by atoms with Gasteiger partial charge < -0.3 is 10.5 Å². The number of pyridine rings is 1. The summed E-state index contributed by atoms with van der Waals surface area (Å²) in [5.41, 5.74) is 8.60. The largest absolute Gasteiger partial charge is 0.489 e. The number of nitrogen functional groups attached to an aromatic ring is 1. The molecule has 0 saturated heterocycles. The molecular formula is C13H14N2O. The van der Waals surface area contributed by atoms with E-state index in [-0.39, 0.29) is 0 Å². The molecule has 0 aliphatic rings. The number of nitrogens with zero attached hydrogens (tertiary/aromatic N) is 1. The molecule has 0 saturated carbocycles. The molecule has 3 heteroatoms. The fourth-order valence-corrected chi connectivity index (χ4v) is 1.36. The van der Waals surface area contributed by atoms with Gasteiger partial charge in [0.15, 0.2) is 0 Å². The predicted molar refractivity (Wildman–Crippen MR) is 64.2 cm³/mol. The molecule has 1 aromatic carbocycles. The topological polar surface area (TPSA) is 48.1 Å². The summed E-state index contributed by atoms with van der Waals surface area (Å²) in [7, 11) is 0. The zero-order chi connectivity index (χ0) is 11.4. The molecule has 2 rings (SSSR count). The van der Waals surface area contributed by atoms with Gasteiger partial charge in [-0.05, 0) is 25.1 Å². The van der Waals surface area contributed by atoms with E-state index in [0.29, 0.717) is 12.3 Å². The SMILES string of the molecule is Cc1ccc(OCc2ccncc2N)cc1. The maximum Gasteiger partial charge on any atom is 0.119 e. The van der Waals surface area contributed by atoms with Crippen LogP contribution in [0.15, 0.2) is 42.7 Å². The zero-order valence-corrected chi connectivity index (χ0v) is 9.18. The van der Waals surface area contributed by atoms with E-state index in [1.54, 1.807) is 12.4 Å². The second-order valence-corrected chi connectivity index (χ2v) is 3.68. The number of benzene rings is 1. The van der Waals surface area contributed by atoms with E-state index in [9.17, 15) is 0 Å². The Kier molecular flexibility index (Phi) is 3.05. The highest BCUT2D eigenvalue weighted by Crippen LogP contribution is 2.15. The minimum absolute atomic E-state index is 0.470. The van der Waals surface area contributed by atoms with Crippen molar-refractivity contribution in [3.8, 4) is 5.75 Å². The first-order chi connectivity index (χ1) is 7.75. The maximum atomic E-state index is 5.77. The van der Waals surface area contributed by atoms with E-state index in [1.807, 2.05) is 37.3 Å². The molecule has 0 spiro atoms. The summed E-state index contributed by atoms with van der Waals surface area (Å²) in [4.78, 5) is 3.93. The standard InChI is InChI=1S/C13H14N2O/c1-10-2-4-12(5-3-10)16-9-11-6-7-15-8-13(11)14/h2-8H,9,14H2,1H3. The minimum Gasteiger partial charge on any atom is -0.489 e. The molecule has 0 radical (unpaired) electrons. The van der Waals surface area contributed by atoms with Crippen molar-refractivity contribution in [3.05, 3.63) is 53.9 Å². The summed E-state index contributed by atoms with van der Waals surface area (Å²) in [5, 5.41) is 0. The Morgan fingerprint density at radius 3 is 2.62 bits per heavy atom. The Morgan fingerprint density at radius 2 is 1.94 bits per heavy atom. The van der Waals surface area contributed by atoms with E-state index in [2.05, 4.69) is 4.98 Å². The van der Waals surface area contributed by atoms with Crippen LogP contribution in [-0.4, -0.2) is 4.98 Å². The molecule has 2 aromatic rings. The van der Waals surface area contributed by atoms with E-state index in [1.165, 1.54) is 5.56 Å². The second-order valence-electron chi connectivity index (χ2n) is 3.68. The van der Waals surface area contributed by atoms with Crippen molar-refractivity contribution < 1.29 is 4.74 Å². The third-order valence-corrected chi connectivity index (χ3v) is 2.36. The Labute approximate surface area is 94.9 Å². The highest BCUT2D eigenvalue weighted by molar-refractivity contribution is 5.43. The van der Waals surface area contributed by atoms with Crippen molar-refractivity contribution in [1.82, 2.24) is 4.98 Å². The van der Waals surface area contributed by atoms with Gasteiger partial charge in [0, 0.05) is 11.8 Å². The number of ether oxygens (including phenoxy) is 1. The molecule has 0 amide bonds. The number of aryl methyl sites for hydroxylation is 1. The lowest BCUT2D eigenvalue weighted by atomic mass is 10.2. The molecule has 0 bridgehead atoms. The molecule has 0 aliphatic heterocycles. The molecule has 2 N–H and O–H groups in total. The normalized spacial score (nSPS) is 10.1. The van der Waals surface area contributed by atoms with Gasteiger partial charge in [0.2, 0.25) is 0 Å². The Morgan fingerprint density at radius 1 is 1.19 bits per heavy atom. The molecule has 0 fully saturated rings. The molecule has 16 heavy (non-hydrogen) atoms. The summed E-state index contributed by atoms with van der Waals surface area (Å²) in [5.74, 6) is 0.849. The zero-order valence-electron chi connectivity index (χ0n) is 9.18. The molecular weight excluding hydrogens is 200 g/mol. The summed E-state index contributed by atoms with van der Waals surface area (Å²) in [6.07, 6.45) is 3.35. The van der Waals surface area contributed by atoms with E-state index >= 15 is 0 Å². The van der Waals surface area contributed by atoms with Crippen LogP contribution in [0.1, 0.15) is 11.1 Å². The van der Waals surface area contributed by atoms with Crippen molar-refractivity contribution in [2.24, 2.45) is 0 Å². The molecule has 0 unspecified atom stereocenters. The van der Waals surface area contributed by atoms with Crippen molar-refractivity contribution in [1.29, 1.82) is 0 Å². The van der Waals surface area contributed by atoms with Crippen molar-refractivity contribution in [2.75, 3.05) is 5.73 Å². The molecule has 1 aromatic heterocycles. The van der Waals surface area contributed by atoms with Gasteiger partial charge in [-0.3, -0.25) is 4.98 Å². The lowest BCUT2D eigenvalue weighted by molar-refractivity contribution is 0.307. The Hall–Kier alpha value is -2.03. The van der Waals surface area contributed by atoms with Crippen LogP contribution in [-0.2, 0) is 6.61 Å². The first-order valence-corrected chi connectivity index (χ1v) is 5.13. The predicted octanol–water partition coefficient (Wildman–Crippen LogP) is 2.55. The number of hydrogen-bond donors (Lipinski definition) is 1. The number of rotatable bonds is 3. The Balaban J connectivity index is 2.02. The van der Waals surface area contributed by atoms with Gasteiger partial charge in [-0.2, -0.15) is 0 Å². The second kappa shape index (κ2) is 4.66. The van der Waals surface area contributed by atoms with Gasteiger partial charge in [0.25, 0.3) is 0 Å². The highest BCUT2D eigenvalue weighted by Gasteiger charge is 1.99. The van der Waals surface area contributed by atoms with Gasteiger partial charge in [-0.15, -0.1) is 0 Å². The fourth-order valence-electron chi connectivity index (χ4n) is 1.36. The molecule has 0 aliphatic carbocycles. The summed E-state index contributed by atoms with van der Waals surface area (Å²) < 4.78 is 5.62. The van der Waals surface area contributed by atoms with E-state index < -0.39 is 0 Å². The van der Waals surface area contributed by atoms with Crippen molar-refractivity contribution >= 4 is 5.69 Å². The number of aromatic nitrogens is 1. The highest BCUT2D eigenvalue weighted by atomic mass is 16.5. The van der Waals surface area contributed by atoms with Crippen LogP contribution < -0.4 is 10.5 Å². The molecule has 0 atom stereocenters. The first-order valence-electron chi connectivity index (χ1n) is 5.13. The van der Waals surface area contributed by atoms with Crippen LogP contribution in [0.4, 0.5) is 5.69 Å². The van der Waals surface area contributed by atoms with Gasteiger partial charge in [-0.1, -0.05) is 17.7 Å². The molecule has 82 valence electrons. The average molecular weight is 214 g/mol. The van der Waals surface area contributed by atoms with Gasteiger partial charge in [0.1, 0.15) is 12.4 Å². The number of anilines is 1. The van der Waals surface area contributed by atoms with Crippen molar-refractivity contribution in [2.45, 2.75) is 13.5 Å². The van der Waals surface area contributed by atoms with Gasteiger partial charge in [-0.25, -0.2) is 0 Å². The summed E-state index contributed by atoms with van der Waals surface area (Å²) >= 11 is 0. The van der Waals surface area contributed by atoms with Gasteiger partial charge >= 0.3 is 0 Å². The average Bonchev–Trinajstić information content (AvgIpc) is 2.30. The third-order valence-electron chi connectivity index (χ3n) is 2.36. The quantitative estimate of drug-likeness (QED) is 0.854. The number of hydrogen-bond acceptors (Lipinski definition) is 3. The monoisotopic (exact) mass is 214 g/mol. The van der Waals surface area contributed by atoms with Crippen LogP contribution in [0.2, 0.25) is 0 Å². The fraction of sp³-hybridized carbons (Fsp3) is 0.154. The summed E-state index contributed by atoms with van der Waals surface area (Å²) in [6.45, 7) is 2.52. The van der Waals surface area contributed by atoms with E-state index in [4.69, 9.17) is 10.5 Å². The lowest BCUT2D eigenvalue weighted by Crippen LogP contribution is -2.00. The van der Waals surface area contributed by atoms with Crippen LogP contribution >= 0.6 is 0 Å². The minimum atomic E-state index is 0.470. The van der Waals surface area contributed by atoms with Crippen LogP contribution in [0.3, 0.4) is 0 Å². The Bertz CT molecular complexity index is 466.